The maximum Gasteiger partial charge on any atom is 0.428 e. The summed E-state index contributed by atoms with van der Waals surface area (Å²) in [7, 11) is 0. The van der Waals surface area contributed by atoms with E-state index in [-0.39, 0.29) is 19.8 Å². The van der Waals surface area contributed by atoms with Crippen molar-refractivity contribution < 1.29 is 55.2 Å². The van der Waals surface area contributed by atoms with Gasteiger partial charge in [-0.1, -0.05) is 42.5 Å². The largest absolute Gasteiger partial charge is 0.464 e. The van der Waals surface area contributed by atoms with Crippen LogP contribution in [0, 0.1) is 0 Å². The highest BCUT2D eigenvalue weighted by Gasteiger charge is 2.62. The maximum atomic E-state index is 13.4. The van der Waals surface area contributed by atoms with Gasteiger partial charge < -0.3 is 19.3 Å². The lowest BCUT2D eigenvalue weighted by atomic mass is 9.98. The number of hydrogen-bond donors (Lipinski definition) is 1. The molecule has 198 valence electrons. The zero-order valence-corrected chi connectivity index (χ0v) is 19.2. The normalized spacial score (nSPS) is 14.9. The summed E-state index contributed by atoms with van der Waals surface area (Å²) in [6.45, 7) is 8.34. The molecule has 2 unspecified atom stereocenters. The van der Waals surface area contributed by atoms with Gasteiger partial charge in [-0.15, -0.1) is 13.2 Å². The monoisotopic (exact) mass is 514 g/mol. The first kappa shape index (κ1) is 32.1. The average Bonchev–Trinajstić information content (AvgIpc) is 2.76. The number of esters is 2. The summed E-state index contributed by atoms with van der Waals surface area (Å²) < 4.78 is 90.5. The number of hydrogen-bond acceptors (Lipinski definition) is 6. The van der Waals surface area contributed by atoms with Crippen LogP contribution in [-0.4, -0.2) is 53.8 Å². The third kappa shape index (κ3) is 8.70. The Morgan fingerprint density at radius 2 is 1.34 bits per heavy atom. The molecule has 0 heterocycles. The molecule has 0 aromatic heterocycles. The highest BCUT2D eigenvalue weighted by Crippen LogP contribution is 2.39. The fraction of sp³-hybridized carbons (Fsp3) is 0.478. The summed E-state index contributed by atoms with van der Waals surface area (Å²) in [4.78, 5) is 22.7. The Morgan fingerprint density at radius 3 is 1.74 bits per heavy atom. The van der Waals surface area contributed by atoms with Crippen LogP contribution < -0.4 is 0 Å². The van der Waals surface area contributed by atoms with Gasteiger partial charge in [0.1, 0.15) is 0 Å². The van der Waals surface area contributed by atoms with Gasteiger partial charge in [0.05, 0.1) is 19.8 Å². The molecule has 2 atom stereocenters. The van der Waals surface area contributed by atoms with E-state index >= 15 is 0 Å². The van der Waals surface area contributed by atoms with Crippen LogP contribution in [0.4, 0.5) is 26.3 Å². The van der Waals surface area contributed by atoms with E-state index in [0.29, 0.717) is 5.56 Å². The summed E-state index contributed by atoms with van der Waals surface area (Å²) in [6.07, 6.45) is -9.78. The molecule has 12 heteroatoms. The molecule has 35 heavy (non-hydrogen) atoms. The van der Waals surface area contributed by atoms with Crippen molar-refractivity contribution in [3.8, 4) is 0 Å². The van der Waals surface area contributed by atoms with Gasteiger partial charge >= 0.3 is 24.3 Å². The fourth-order valence-electron chi connectivity index (χ4n) is 2.52. The molecular formula is C23H28F6O6. The SMILES string of the molecule is C=CCC(O)(C(=O)OCC)C(F)(F)F.C=CCC(OCc1ccccc1)(C(=O)OCC)C(F)(F)F. The number of benzene rings is 1. The number of carbonyl (C=O) groups is 2. The first-order chi connectivity index (χ1) is 16.2. The summed E-state index contributed by atoms with van der Waals surface area (Å²) in [5.41, 5.74) is -5.98. The van der Waals surface area contributed by atoms with Crippen LogP contribution in [-0.2, 0) is 30.4 Å². The van der Waals surface area contributed by atoms with E-state index in [4.69, 9.17) is 9.84 Å². The number of alkyl halides is 6. The van der Waals surface area contributed by atoms with E-state index in [9.17, 15) is 35.9 Å². The molecule has 0 aliphatic heterocycles. The summed E-state index contributed by atoms with van der Waals surface area (Å²) in [5, 5.41) is 9.08. The summed E-state index contributed by atoms with van der Waals surface area (Å²) in [5.74, 6) is -3.15. The van der Waals surface area contributed by atoms with Gasteiger partial charge in [-0.05, 0) is 19.4 Å². The lowest BCUT2D eigenvalue weighted by Crippen LogP contribution is -2.54. The Balaban J connectivity index is 0.000000720. The first-order valence-corrected chi connectivity index (χ1v) is 10.3. The van der Waals surface area contributed by atoms with Crippen molar-refractivity contribution in [3.63, 3.8) is 0 Å². The van der Waals surface area contributed by atoms with E-state index in [2.05, 4.69) is 22.6 Å². The molecular weight excluding hydrogens is 486 g/mol. The topological polar surface area (TPSA) is 82.1 Å². The minimum atomic E-state index is -5.06. The lowest BCUT2D eigenvalue weighted by Gasteiger charge is -2.32. The minimum Gasteiger partial charge on any atom is -0.464 e. The minimum absolute atomic E-state index is 0.164. The van der Waals surface area contributed by atoms with Crippen LogP contribution in [0.15, 0.2) is 55.6 Å². The van der Waals surface area contributed by atoms with E-state index in [1.807, 2.05) is 0 Å². The molecule has 0 aliphatic carbocycles. The third-order valence-corrected chi connectivity index (χ3v) is 4.34. The first-order valence-electron chi connectivity index (χ1n) is 10.3. The molecule has 0 amide bonds. The van der Waals surface area contributed by atoms with Crippen molar-refractivity contribution in [2.75, 3.05) is 13.2 Å². The Bertz CT molecular complexity index is 824. The summed E-state index contributed by atoms with van der Waals surface area (Å²) in [6, 6.07) is 8.30. The van der Waals surface area contributed by atoms with Crippen LogP contribution in [0.5, 0.6) is 0 Å². The molecule has 6 nitrogen and oxygen atoms in total. The zero-order valence-electron chi connectivity index (χ0n) is 19.2. The smallest absolute Gasteiger partial charge is 0.428 e. The second-order valence-corrected chi connectivity index (χ2v) is 6.88. The van der Waals surface area contributed by atoms with Gasteiger partial charge in [-0.2, -0.15) is 26.3 Å². The second kappa shape index (κ2) is 13.9. The van der Waals surface area contributed by atoms with Crippen LogP contribution in [0.25, 0.3) is 0 Å². The van der Waals surface area contributed by atoms with E-state index in [1.54, 1.807) is 30.3 Å². The second-order valence-electron chi connectivity index (χ2n) is 6.88. The number of aliphatic hydroxyl groups is 1. The number of rotatable bonds is 11. The Kier molecular flexibility index (Phi) is 12.7. The van der Waals surface area contributed by atoms with Gasteiger partial charge in [0.25, 0.3) is 11.2 Å². The van der Waals surface area contributed by atoms with Crippen molar-refractivity contribution in [2.45, 2.75) is 56.9 Å². The Labute approximate surface area is 199 Å². The van der Waals surface area contributed by atoms with Crippen LogP contribution >= 0.6 is 0 Å². The quantitative estimate of drug-likeness (QED) is 0.253. The maximum absolute atomic E-state index is 13.4. The van der Waals surface area contributed by atoms with Crippen LogP contribution in [0.1, 0.15) is 32.3 Å². The third-order valence-electron chi connectivity index (χ3n) is 4.34. The zero-order chi connectivity index (χ0) is 27.3. The fourth-order valence-corrected chi connectivity index (χ4v) is 2.52. The van der Waals surface area contributed by atoms with Crippen molar-refractivity contribution in [3.05, 3.63) is 61.2 Å². The van der Waals surface area contributed by atoms with Crippen molar-refractivity contribution in [2.24, 2.45) is 0 Å². The molecule has 0 spiro atoms. The molecule has 1 aromatic rings. The van der Waals surface area contributed by atoms with E-state index < -0.39 is 48.3 Å². The molecule has 0 fully saturated rings. The molecule has 0 bridgehead atoms. The van der Waals surface area contributed by atoms with Gasteiger partial charge in [0.2, 0.25) is 0 Å². The number of carbonyl (C=O) groups excluding carboxylic acids is 2. The number of halogens is 6. The highest BCUT2D eigenvalue weighted by molar-refractivity contribution is 5.81. The molecule has 1 N–H and O–H groups in total. The van der Waals surface area contributed by atoms with Gasteiger partial charge in [0.15, 0.2) is 0 Å². The molecule has 0 radical (unpaired) electrons. The molecule has 0 saturated heterocycles. The van der Waals surface area contributed by atoms with Crippen LogP contribution in [0.2, 0.25) is 0 Å². The predicted octanol–water partition coefficient (Wildman–Crippen LogP) is 5.06. The Hall–Kier alpha value is -2.86. The van der Waals surface area contributed by atoms with Crippen LogP contribution in [0.3, 0.4) is 0 Å². The van der Waals surface area contributed by atoms with Gasteiger partial charge in [0, 0.05) is 12.8 Å². The van der Waals surface area contributed by atoms with Crippen molar-refractivity contribution in [1.29, 1.82) is 0 Å². The average molecular weight is 514 g/mol. The highest BCUT2D eigenvalue weighted by atomic mass is 19.4. The van der Waals surface area contributed by atoms with E-state index in [1.165, 1.54) is 13.8 Å². The lowest BCUT2D eigenvalue weighted by molar-refractivity contribution is -0.279. The number of ether oxygens (including phenoxy) is 3. The van der Waals surface area contributed by atoms with Crippen molar-refractivity contribution >= 4 is 11.9 Å². The standard InChI is InChI=1S/C15H17F3O3.C8H11F3O3/c1-3-10-14(15(16,17)18,13(19)20-4-2)21-11-12-8-6-5-7-9-12;1-3-5-7(13,8(9,10)11)6(12)14-4-2/h3,5-9H,1,4,10-11H2,2H3;3,13H,1,4-5H2,2H3. The molecule has 1 rings (SSSR count). The Morgan fingerprint density at radius 1 is 0.857 bits per heavy atom. The summed E-state index contributed by atoms with van der Waals surface area (Å²) >= 11 is 0. The molecule has 1 aromatic carbocycles. The molecule has 0 aliphatic rings. The van der Waals surface area contributed by atoms with Gasteiger partial charge in [-0.3, -0.25) is 0 Å². The molecule has 0 saturated carbocycles. The van der Waals surface area contributed by atoms with E-state index in [0.717, 1.165) is 12.2 Å². The predicted molar refractivity (Wildman–Crippen MR) is 114 cm³/mol. The van der Waals surface area contributed by atoms with Gasteiger partial charge in [-0.25, -0.2) is 9.59 Å². The van der Waals surface area contributed by atoms with Crippen molar-refractivity contribution in [1.82, 2.24) is 0 Å².